The van der Waals surface area contributed by atoms with Crippen LogP contribution < -0.4 is 0 Å². The lowest BCUT2D eigenvalue weighted by Crippen LogP contribution is -2.08. The molecule has 0 aliphatic rings. The molecule has 1 aromatic heterocycles. The lowest BCUT2D eigenvalue weighted by Gasteiger charge is -2.16. The smallest absolute Gasteiger partial charge is 0.178 e. The van der Waals surface area contributed by atoms with Crippen LogP contribution >= 0.6 is 28.1 Å². The fourth-order valence-corrected chi connectivity index (χ4v) is 3.07. The Balaban J connectivity index is 2.60. The van der Waals surface area contributed by atoms with Crippen molar-refractivity contribution in [3.05, 3.63) is 27.2 Å². The van der Waals surface area contributed by atoms with Crippen molar-refractivity contribution in [3.8, 4) is 0 Å². The second kappa shape index (κ2) is 5.13. The maximum absolute atomic E-state index is 13.5. The first-order valence-electron chi connectivity index (χ1n) is 5.99. The van der Waals surface area contributed by atoms with Gasteiger partial charge in [-0.3, -0.25) is 0 Å². The zero-order valence-corrected chi connectivity index (χ0v) is 13.0. The van der Waals surface area contributed by atoms with Gasteiger partial charge in [-0.25, -0.2) is 4.39 Å². The number of imidazole rings is 1. The lowest BCUT2D eigenvalue weighted by molar-refractivity contribution is 0.432. The molecule has 2 nitrogen and oxygen atoms in total. The Hall–Kier alpha value is -0.680. The molecule has 1 N–H and O–H groups in total. The van der Waals surface area contributed by atoms with Crippen molar-refractivity contribution < 1.29 is 4.39 Å². The third-order valence-electron chi connectivity index (χ3n) is 3.01. The van der Waals surface area contributed by atoms with Crippen molar-refractivity contribution in [2.75, 3.05) is 0 Å². The molecular weight excluding hydrogens is 315 g/mol. The van der Waals surface area contributed by atoms with Crippen LogP contribution in [0.2, 0.25) is 0 Å². The van der Waals surface area contributed by atoms with E-state index in [1.807, 2.05) is 0 Å². The lowest BCUT2D eigenvalue weighted by atomic mass is 10.1. The fourth-order valence-electron chi connectivity index (χ4n) is 2.35. The Bertz CT molecular complexity index is 630. The van der Waals surface area contributed by atoms with E-state index in [4.69, 9.17) is 12.2 Å². The summed E-state index contributed by atoms with van der Waals surface area (Å²) < 4.78 is 16.7. The van der Waals surface area contributed by atoms with Gasteiger partial charge in [0.25, 0.3) is 0 Å². The summed E-state index contributed by atoms with van der Waals surface area (Å²) in [5.41, 5.74) is 1.69. The summed E-state index contributed by atoms with van der Waals surface area (Å²) in [6.07, 6.45) is 1.04. The third-order valence-corrected chi connectivity index (χ3v) is 3.92. The zero-order chi connectivity index (χ0) is 13.4. The molecule has 0 spiro atoms. The van der Waals surface area contributed by atoms with Crippen LogP contribution in [0.3, 0.4) is 0 Å². The number of nitrogens with one attached hydrogen (secondary N) is 1. The summed E-state index contributed by atoms with van der Waals surface area (Å²) in [5, 5.41) is 0. The minimum absolute atomic E-state index is 0.276. The Morgan fingerprint density at radius 3 is 2.67 bits per heavy atom. The van der Waals surface area contributed by atoms with Gasteiger partial charge in [0, 0.05) is 12.1 Å². The minimum Gasteiger partial charge on any atom is -0.330 e. The van der Waals surface area contributed by atoms with Gasteiger partial charge in [0.15, 0.2) is 4.77 Å². The van der Waals surface area contributed by atoms with Crippen molar-refractivity contribution in [3.63, 3.8) is 0 Å². The Morgan fingerprint density at radius 2 is 2.06 bits per heavy atom. The Labute approximate surface area is 119 Å². The van der Waals surface area contributed by atoms with E-state index in [1.54, 1.807) is 6.07 Å². The molecule has 1 atom stereocenters. The van der Waals surface area contributed by atoms with Crippen LogP contribution in [0.25, 0.3) is 11.0 Å². The monoisotopic (exact) mass is 330 g/mol. The summed E-state index contributed by atoms with van der Waals surface area (Å²) >= 11 is 8.56. The number of H-pyrrole nitrogens is 1. The summed E-state index contributed by atoms with van der Waals surface area (Å²) in [7, 11) is 0. The summed E-state index contributed by atoms with van der Waals surface area (Å²) in [5.74, 6) is 0.318. The van der Waals surface area contributed by atoms with E-state index in [9.17, 15) is 4.39 Å². The SMILES string of the molecule is CC(C)CC(C)n1c(=S)[nH]c2cc(F)c(Br)cc21. The predicted molar refractivity (Wildman–Crippen MR) is 78.9 cm³/mol. The van der Waals surface area contributed by atoms with Crippen LogP contribution in [-0.2, 0) is 0 Å². The Kier molecular flexibility index (Phi) is 3.92. The molecule has 1 heterocycles. The molecule has 0 saturated heterocycles. The fraction of sp³-hybridized carbons (Fsp3) is 0.462. The summed E-state index contributed by atoms with van der Waals surface area (Å²) in [6.45, 7) is 6.51. The van der Waals surface area contributed by atoms with E-state index in [0.29, 0.717) is 21.2 Å². The van der Waals surface area contributed by atoms with Crippen molar-refractivity contribution in [1.82, 2.24) is 9.55 Å². The molecule has 98 valence electrons. The van der Waals surface area contributed by atoms with Gasteiger partial charge in [-0.05, 0) is 53.5 Å². The topological polar surface area (TPSA) is 20.7 Å². The standard InChI is InChI=1S/C13H16BrFN2S/c1-7(2)4-8(3)17-12-5-9(14)10(15)6-11(12)16-13(17)18/h5-8H,4H2,1-3H3,(H,16,18). The molecule has 2 aromatic rings. The molecule has 0 aliphatic carbocycles. The highest BCUT2D eigenvalue weighted by molar-refractivity contribution is 9.10. The molecule has 0 fully saturated rings. The highest BCUT2D eigenvalue weighted by Crippen LogP contribution is 2.27. The number of halogens is 2. The molecule has 0 bridgehead atoms. The number of hydrogen-bond donors (Lipinski definition) is 1. The highest BCUT2D eigenvalue weighted by Gasteiger charge is 2.14. The first-order chi connectivity index (χ1) is 8.40. The van der Waals surface area contributed by atoms with Gasteiger partial charge in [0.2, 0.25) is 0 Å². The molecule has 0 radical (unpaired) electrons. The second-order valence-electron chi connectivity index (χ2n) is 5.06. The first-order valence-corrected chi connectivity index (χ1v) is 7.19. The molecular formula is C13H16BrFN2S. The number of fused-ring (bicyclic) bond motifs is 1. The first kappa shape index (κ1) is 13.7. The predicted octanol–water partition coefficient (Wildman–Crippen LogP) is 5.21. The van der Waals surface area contributed by atoms with E-state index >= 15 is 0 Å². The Morgan fingerprint density at radius 1 is 1.39 bits per heavy atom. The number of hydrogen-bond acceptors (Lipinski definition) is 1. The average molecular weight is 331 g/mol. The number of nitrogens with zero attached hydrogens (tertiary/aromatic N) is 1. The normalized spacial score (nSPS) is 13.4. The number of aromatic nitrogens is 2. The molecule has 0 aliphatic heterocycles. The summed E-state index contributed by atoms with van der Waals surface area (Å²) in [6, 6.07) is 3.56. The van der Waals surface area contributed by atoms with Crippen LogP contribution in [0.1, 0.15) is 33.2 Å². The van der Waals surface area contributed by atoms with Crippen LogP contribution in [0, 0.1) is 16.5 Å². The van der Waals surface area contributed by atoms with Crippen LogP contribution in [0.15, 0.2) is 16.6 Å². The van der Waals surface area contributed by atoms with Gasteiger partial charge < -0.3 is 9.55 Å². The van der Waals surface area contributed by atoms with E-state index < -0.39 is 0 Å². The van der Waals surface area contributed by atoms with E-state index in [2.05, 4.69) is 46.3 Å². The van der Waals surface area contributed by atoms with E-state index in [1.165, 1.54) is 6.07 Å². The van der Waals surface area contributed by atoms with Gasteiger partial charge >= 0.3 is 0 Å². The van der Waals surface area contributed by atoms with Gasteiger partial charge in [-0.2, -0.15) is 0 Å². The van der Waals surface area contributed by atoms with Crippen LogP contribution in [0.5, 0.6) is 0 Å². The quantitative estimate of drug-likeness (QED) is 0.766. The maximum atomic E-state index is 13.5. The average Bonchev–Trinajstić information content (AvgIpc) is 2.53. The maximum Gasteiger partial charge on any atom is 0.178 e. The van der Waals surface area contributed by atoms with Gasteiger partial charge in [-0.1, -0.05) is 13.8 Å². The number of rotatable bonds is 3. The van der Waals surface area contributed by atoms with Crippen LogP contribution in [0.4, 0.5) is 4.39 Å². The minimum atomic E-state index is -0.276. The number of benzene rings is 1. The second-order valence-corrected chi connectivity index (χ2v) is 6.30. The summed E-state index contributed by atoms with van der Waals surface area (Å²) in [4.78, 5) is 3.07. The molecule has 1 unspecified atom stereocenters. The largest absolute Gasteiger partial charge is 0.330 e. The molecule has 5 heteroatoms. The molecule has 0 amide bonds. The van der Waals surface area contributed by atoms with Crippen molar-refractivity contribution in [2.45, 2.75) is 33.2 Å². The van der Waals surface area contributed by atoms with E-state index in [0.717, 1.165) is 17.5 Å². The van der Waals surface area contributed by atoms with E-state index in [-0.39, 0.29) is 5.82 Å². The third kappa shape index (κ3) is 2.52. The van der Waals surface area contributed by atoms with Gasteiger partial charge in [0.1, 0.15) is 5.82 Å². The van der Waals surface area contributed by atoms with Gasteiger partial charge in [0.05, 0.1) is 15.5 Å². The zero-order valence-electron chi connectivity index (χ0n) is 10.6. The molecule has 0 saturated carbocycles. The van der Waals surface area contributed by atoms with Crippen molar-refractivity contribution in [1.29, 1.82) is 0 Å². The highest BCUT2D eigenvalue weighted by atomic mass is 79.9. The van der Waals surface area contributed by atoms with Crippen molar-refractivity contribution in [2.24, 2.45) is 5.92 Å². The molecule has 18 heavy (non-hydrogen) atoms. The molecule has 2 rings (SSSR count). The van der Waals surface area contributed by atoms with Gasteiger partial charge in [-0.15, -0.1) is 0 Å². The molecule has 1 aromatic carbocycles. The van der Waals surface area contributed by atoms with Crippen molar-refractivity contribution >= 4 is 39.2 Å². The number of aromatic amines is 1. The van der Waals surface area contributed by atoms with Crippen LogP contribution in [-0.4, -0.2) is 9.55 Å².